The Morgan fingerprint density at radius 1 is 1.22 bits per heavy atom. The molecule has 0 bridgehead atoms. The van der Waals surface area contributed by atoms with E-state index in [1.165, 1.54) is 24.3 Å². The molecule has 2 N–H and O–H groups in total. The second-order valence-corrected chi connectivity index (χ2v) is 7.62. The van der Waals surface area contributed by atoms with Gasteiger partial charge < -0.3 is 15.4 Å². The van der Waals surface area contributed by atoms with Crippen molar-refractivity contribution in [3.8, 4) is 0 Å². The van der Waals surface area contributed by atoms with Crippen molar-refractivity contribution in [2.24, 2.45) is 0 Å². The molecule has 1 atom stereocenters. The number of benzene rings is 2. The summed E-state index contributed by atoms with van der Waals surface area (Å²) in [6.45, 7) is 0.506. The minimum atomic E-state index is -0.676. The minimum Gasteiger partial charge on any atom is -0.448 e. The van der Waals surface area contributed by atoms with Crippen molar-refractivity contribution in [3.05, 3.63) is 82.1 Å². The van der Waals surface area contributed by atoms with Crippen LogP contribution in [0.15, 0.2) is 48.8 Å². The van der Waals surface area contributed by atoms with E-state index in [9.17, 15) is 18.4 Å². The monoisotopic (exact) mass is 460 g/mol. The number of carbonyl (C=O) groups excluding carboxylic acids is 2. The molecule has 0 radical (unpaired) electrons. The predicted octanol–water partition coefficient (Wildman–Crippen LogP) is 4.48. The number of rotatable bonds is 6. The third-order valence-corrected chi connectivity index (χ3v) is 5.45. The van der Waals surface area contributed by atoms with Gasteiger partial charge in [0.05, 0.1) is 17.6 Å². The van der Waals surface area contributed by atoms with Crippen LogP contribution in [-0.2, 0) is 17.7 Å². The summed E-state index contributed by atoms with van der Waals surface area (Å²) in [5.41, 5.74) is 1.36. The number of nitrogens with one attached hydrogen (secondary N) is 2. The molecule has 166 valence electrons. The molecule has 1 heterocycles. The van der Waals surface area contributed by atoms with Crippen molar-refractivity contribution < 1.29 is 23.1 Å². The Morgan fingerprint density at radius 2 is 2.03 bits per heavy atom. The van der Waals surface area contributed by atoms with E-state index in [-0.39, 0.29) is 22.8 Å². The van der Waals surface area contributed by atoms with Crippen molar-refractivity contribution in [1.82, 2.24) is 15.1 Å². The van der Waals surface area contributed by atoms with Gasteiger partial charge in [0.15, 0.2) is 0 Å². The standard InChI is InChI=1S/C22H19ClF2N4O3/c23-16-12-13(2-5-17(16)24)27-21(30)15-3-6-18(25)20-14(15)4-7-19(20)28-22(31)32-11-10-29-9-1-8-26-29/h1-3,5-6,8-9,12,19H,4,7,10-11H2,(H,27,30)(H,28,31)/t19-/m0/s1. The third kappa shape index (κ3) is 4.72. The van der Waals surface area contributed by atoms with Gasteiger partial charge in [-0.3, -0.25) is 9.48 Å². The lowest BCUT2D eigenvalue weighted by atomic mass is 10.0. The van der Waals surface area contributed by atoms with Gasteiger partial charge in [0, 0.05) is 29.2 Å². The highest BCUT2D eigenvalue weighted by molar-refractivity contribution is 6.31. The highest BCUT2D eigenvalue weighted by Crippen LogP contribution is 2.36. The van der Waals surface area contributed by atoms with Gasteiger partial charge in [0.25, 0.3) is 5.91 Å². The summed E-state index contributed by atoms with van der Waals surface area (Å²) in [6.07, 6.45) is 3.52. The Morgan fingerprint density at radius 3 is 2.78 bits per heavy atom. The van der Waals surface area contributed by atoms with E-state index in [1.807, 2.05) is 0 Å². The number of ether oxygens (including phenoxy) is 1. The lowest BCUT2D eigenvalue weighted by Gasteiger charge is -2.16. The summed E-state index contributed by atoms with van der Waals surface area (Å²) in [6, 6.07) is 7.54. The summed E-state index contributed by atoms with van der Waals surface area (Å²) in [7, 11) is 0. The first-order valence-electron chi connectivity index (χ1n) is 9.91. The molecule has 7 nitrogen and oxygen atoms in total. The maximum absolute atomic E-state index is 14.6. The second kappa shape index (κ2) is 9.35. The van der Waals surface area contributed by atoms with Gasteiger partial charge in [0.1, 0.15) is 18.2 Å². The molecule has 2 amide bonds. The largest absolute Gasteiger partial charge is 0.448 e. The van der Waals surface area contributed by atoms with Gasteiger partial charge in [-0.2, -0.15) is 5.10 Å². The summed E-state index contributed by atoms with van der Waals surface area (Å²) in [5.74, 6) is -1.59. The van der Waals surface area contributed by atoms with Gasteiger partial charge >= 0.3 is 6.09 Å². The molecular formula is C22H19ClF2N4O3. The van der Waals surface area contributed by atoms with E-state index >= 15 is 0 Å². The summed E-state index contributed by atoms with van der Waals surface area (Å²) in [4.78, 5) is 24.9. The van der Waals surface area contributed by atoms with Crippen LogP contribution >= 0.6 is 11.6 Å². The van der Waals surface area contributed by atoms with E-state index < -0.39 is 29.7 Å². The SMILES string of the molecule is O=C(N[C@H]1CCc2c(C(=O)Nc3ccc(F)c(Cl)c3)ccc(F)c21)OCCn1cccn1. The number of fused-ring (bicyclic) bond motifs is 1. The summed E-state index contributed by atoms with van der Waals surface area (Å²) < 4.78 is 34.7. The molecule has 1 aliphatic carbocycles. The molecule has 0 saturated carbocycles. The number of anilines is 1. The first-order valence-corrected chi connectivity index (χ1v) is 10.3. The number of aromatic nitrogens is 2. The maximum atomic E-state index is 14.6. The maximum Gasteiger partial charge on any atom is 0.407 e. The van der Waals surface area contributed by atoms with Gasteiger partial charge in [-0.15, -0.1) is 0 Å². The lowest BCUT2D eigenvalue weighted by Crippen LogP contribution is -2.29. The molecule has 2 aromatic carbocycles. The Hall–Kier alpha value is -3.46. The average Bonchev–Trinajstić information content (AvgIpc) is 3.42. The van der Waals surface area contributed by atoms with Crippen LogP contribution < -0.4 is 10.6 Å². The molecule has 0 fully saturated rings. The Kier molecular flexibility index (Phi) is 6.36. The van der Waals surface area contributed by atoms with Crippen LogP contribution in [0, 0.1) is 11.6 Å². The summed E-state index contributed by atoms with van der Waals surface area (Å²) in [5, 5.41) is 9.20. The van der Waals surface area contributed by atoms with Crippen LogP contribution in [0.5, 0.6) is 0 Å². The number of carbonyl (C=O) groups is 2. The molecule has 10 heteroatoms. The first kappa shape index (κ1) is 21.8. The molecule has 0 unspecified atom stereocenters. The quantitative estimate of drug-likeness (QED) is 0.568. The molecule has 32 heavy (non-hydrogen) atoms. The van der Waals surface area contributed by atoms with Gasteiger partial charge in [-0.1, -0.05) is 11.6 Å². The van der Waals surface area contributed by atoms with Crippen molar-refractivity contribution in [2.75, 3.05) is 11.9 Å². The number of nitrogens with zero attached hydrogens (tertiary/aromatic N) is 2. The highest BCUT2D eigenvalue weighted by atomic mass is 35.5. The van der Waals surface area contributed by atoms with Crippen molar-refractivity contribution in [2.45, 2.75) is 25.4 Å². The van der Waals surface area contributed by atoms with Gasteiger partial charge in [-0.25, -0.2) is 13.6 Å². The molecule has 0 aliphatic heterocycles. The van der Waals surface area contributed by atoms with Crippen LogP contribution in [0.1, 0.15) is 33.9 Å². The normalized spacial score (nSPS) is 14.7. The zero-order chi connectivity index (χ0) is 22.7. The predicted molar refractivity (Wildman–Crippen MR) is 114 cm³/mol. The smallest absolute Gasteiger partial charge is 0.407 e. The van der Waals surface area contributed by atoms with Crippen molar-refractivity contribution in [3.63, 3.8) is 0 Å². The number of hydrogen-bond acceptors (Lipinski definition) is 4. The van der Waals surface area contributed by atoms with Crippen LogP contribution in [0.25, 0.3) is 0 Å². The second-order valence-electron chi connectivity index (χ2n) is 7.21. The van der Waals surface area contributed by atoms with Crippen LogP contribution in [0.3, 0.4) is 0 Å². The zero-order valence-corrected chi connectivity index (χ0v) is 17.5. The minimum absolute atomic E-state index is 0.109. The van der Waals surface area contributed by atoms with E-state index in [0.717, 1.165) is 6.07 Å². The third-order valence-electron chi connectivity index (χ3n) is 5.16. The fourth-order valence-corrected chi connectivity index (χ4v) is 3.87. The molecule has 3 aromatic rings. The zero-order valence-electron chi connectivity index (χ0n) is 16.8. The molecule has 0 saturated heterocycles. The van der Waals surface area contributed by atoms with Crippen LogP contribution in [0.4, 0.5) is 19.3 Å². The van der Waals surface area contributed by atoms with Crippen molar-refractivity contribution in [1.29, 1.82) is 0 Å². The molecule has 4 rings (SSSR count). The van der Waals surface area contributed by atoms with Gasteiger partial charge in [0.2, 0.25) is 0 Å². The molecule has 1 aromatic heterocycles. The highest BCUT2D eigenvalue weighted by Gasteiger charge is 2.31. The van der Waals surface area contributed by atoms with Crippen molar-refractivity contribution >= 4 is 29.3 Å². The van der Waals surface area contributed by atoms with E-state index in [4.69, 9.17) is 16.3 Å². The number of amides is 2. The number of alkyl carbamates (subject to hydrolysis) is 1. The number of hydrogen-bond donors (Lipinski definition) is 2. The van der Waals surface area contributed by atoms with E-state index in [2.05, 4.69) is 15.7 Å². The van der Waals surface area contributed by atoms with E-state index in [1.54, 1.807) is 23.1 Å². The first-order chi connectivity index (χ1) is 15.4. The van der Waals surface area contributed by atoms with Gasteiger partial charge in [-0.05, 0) is 54.8 Å². The fraction of sp³-hybridized carbons (Fsp3) is 0.227. The average molecular weight is 461 g/mol. The topological polar surface area (TPSA) is 85.3 Å². The molecule has 1 aliphatic rings. The molecular weight excluding hydrogens is 442 g/mol. The summed E-state index contributed by atoms with van der Waals surface area (Å²) >= 11 is 5.76. The fourth-order valence-electron chi connectivity index (χ4n) is 3.69. The molecule has 0 spiro atoms. The van der Waals surface area contributed by atoms with Crippen LogP contribution in [-0.4, -0.2) is 28.4 Å². The number of halogens is 3. The van der Waals surface area contributed by atoms with E-state index in [0.29, 0.717) is 30.6 Å². The Bertz CT molecular complexity index is 1150. The lowest BCUT2D eigenvalue weighted by molar-refractivity contribution is 0.102. The Labute approximate surface area is 187 Å². The van der Waals surface area contributed by atoms with Crippen LogP contribution in [0.2, 0.25) is 5.02 Å². The Balaban J connectivity index is 1.44.